The van der Waals surface area contributed by atoms with Gasteiger partial charge in [-0.1, -0.05) is 0 Å². The van der Waals surface area contributed by atoms with E-state index in [1.807, 2.05) is 26.0 Å². The van der Waals surface area contributed by atoms with Gasteiger partial charge in [0, 0.05) is 11.8 Å². The molecule has 2 aromatic heterocycles. The molecule has 0 aliphatic carbocycles. The Kier molecular flexibility index (Phi) is 1.22. The van der Waals surface area contributed by atoms with Crippen LogP contribution in [0.5, 0.6) is 0 Å². The molecule has 2 nitrogen and oxygen atoms in total. The fraction of sp³-hybridized carbons (Fsp3) is 0.222. The van der Waals surface area contributed by atoms with Crippen LogP contribution in [0.3, 0.4) is 0 Å². The van der Waals surface area contributed by atoms with Gasteiger partial charge in [-0.3, -0.25) is 0 Å². The molecule has 0 bridgehead atoms. The number of furan rings is 1. The summed E-state index contributed by atoms with van der Waals surface area (Å²) < 4.78 is 5.19. The Morgan fingerprint density at radius 2 is 2.18 bits per heavy atom. The normalized spacial score (nSPS) is 10.7. The fourth-order valence-electron chi connectivity index (χ4n) is 1.08. The van der Waals surface area contributed by atoms with Gasteiger partial charge in [0.05, 0.1) is 6.26 Å². The van der Waals surface area contributed by atoms with Crippen molar-refractivity contribution in [2.45, 2.75) is 13.8 Å². The third-order valence-corrected chi connectivity index (χ3v) is 1.88. The third-order valence-electron chi connectivity index (χ3n) is 1.88. The van der Waals surface area contributed by atoms with E-state index in [2.05, 4.69) is 4.98 Å². The first-order valence-electron chi connectivity index (χ1n) is 3.59. The summed E-state index contributed by atoms with van der Waals surface area (Å²) in [6, 6.07) is 3.89. The average molecular weight is 147 g/mol. The second-order valence-corrected chi connectivity index (χ2v) is 2.69. The highest BCUT2D eigenvalue weighted by atomic mass is 16.3. The maximum atomic E-state index is 5.19. The highest BCUT2D eigenvalue weighted by Crippen LogP contribution is 2.15. The summed E-state index contributed by atoms with van der Waals surface area (Å²) in [7, 11) is 0. The number of hydrogen-bond donors (Lipinski definition) is 0. The summed E-state index contributed by atoms with van der Waals surface area (Å²) in [5, 5.41) is 0. The van der Waals surface area contributed by atoms with E-state index in [0.717, 1.165) is 16.8 Å². The Labute approximate surface area is 64.9 Å². The predicted octanol–water partition coefficient (Wildman–Crippen LogP) is 2.44. The van der Waals surface area contributed by atoms with Gasteiger partial charge in [-0.2, -0.15) is 0 Å². The summed E-state index contributed by atoms with van der Waals surface area (Å²) in [6.07, 6.45) is 1.66. The van der Waals surface area contributed by atoms with Crippen molar-refractivity contribution in [2.75, 3.05) is 0 Å². The molecule has 0 unspecified atom stereocenters. The summed E-state index contributed by atoms with van der Waals surface area (Å²) >= 11 is 0. The molecule has 0 fully saturated rings. The second kappa shape index (κ2) is 2.09. The highest BCUT2D eigenvalue weighted by molar-refractivity contribution is 5.73. The van der Waals surface area contributed by atoms with Crippen molar-refractivity contribution >= 4 is 11.1 Å². The lowest BCUT2D eigenvalue weighted by Crippen LogP contribution is -1.84. The lowest BCUT2D eigenvalue weighted by Gasteiger charge is -1.96. The minimum Gasteiger partial charge on any atom is -0.463 e. The Morgan fingerprint density at radius 1 is 1.36 bits per heavy atom. The molecular weight excluding hydrogens is 138 g/mol. The first-order valence-corrected chi connectivity index (χ1v) is 3.59. The van der Waals surface area contributed by atoms with Gasteiger partial charge in [-0.05, 0) is 25.5 Å². The largest absolute Gasteiger partial charge is 0.463 e. The zero-order valence-corrected chi connectivity index (χ0v) is 6.59. The maximum Gasteiger partial charge on any atom is 0.152 e. The van der Waals surface area contributed by atoms with Crippen LogP contribution in [0.4, 0.5) is 0 Å². The first-order chi connectivity index (χ1) is 5.27. The number of pyridine rings is 1. The van der Waals surface area contributed by atoms with E-state index in [0.29, 0.717) is 0 Å². The van der Waals surface area contributed by atoms with Crippen molar-refractivity contribution in [2.24, 2.45) is 0 Å². The molecule has 2 heterocycles. The van der Waals surface area contributed by atoms with Gasteiger partial charge in [-0.25, -0.2) is 4.98 Å². The summed E-state index contributed by atoms with van der Waals surface area (Å²) in [5.74, 6) is 0. The Bertz CT molecular complexity index is 353. The van der Waals surface area contributed by atoms with Gasteiger partial charge in [0.25, 0.3) is 0 Å². The van der Waals surface area contributed by atoms with Crippen molar-refractivity contribution in [1.29, 1.82) is 0 Å². The number of nitrogens with zero attached hydrogens (tertiary/aromatic N) is 1. The molecule has 0 atom stereocenters. The number of hydrogen-bond acceptors (Lipinski definition) is 2. The monoisotopic (exact) mass is 147 g/mol. The van der Waals surface area contributed by atoms with Crippen LogP contribution in [0.25, 0.3) is 11.1 Å². The van der Waals surface area contributed by atoms with Crippen LogP contribution in [0.1, 0.15) is 11.3 Å². The van der Waals surface area contributed by atoms with E-state index in [4.69, 9.17) is 4.42 Å². The van der Waals surface area contributed by atoms with Gasteiger partial charge in [0.2, 0.25) is 0 Å². The topological polar surface area (TPSA) is 26.0 Å². The van der Waals surface area contributed by atoms with E-state index >= 15 is 0 Å². The molecule has 0 spiro atoms. The summed E-state index contributed by atoms with van der Waals surface area (Å²) in [4.78, 5) is 4.34. The molecule has 2 aromatic rings. The van der Waals surface area contributed by atoms with Crippen molar-refractivity contribution in [1.82, 2.24) is 4.98 Å². The maximum absolute atomic E-state index is 5.19. The molecule has 2 heteroatoms. The van der Waals surface area contributed by atoms with E-state index in [-0.39, 0.29) is 0 Å². The van der Waals surface area contributed by atoms with E-state index < -0.39 is 0 Å². The van der Waals surface area contributed by atoms with Gasteiger partial charge >= 0.3 is 0 Å². The van der Waals surface area contributed by atoms with Crippen LogP contribution >= 0.6 is 0 Å². The Morgan fingerprint density at radius 3 is 3.00 bits per heavy atom. The van der Waals surface area contributed by atoms with Crippen LogP contribution in [-0.4, -0.2) is 4.98 Å². The minimum absolute atomic E-state index is 0.869. The molecule has 0 saturated heterocycles. The van der Waals surface area contributed by atoms with Crippen LogP contribution in [-0.2, 0) is 0 Å². The van der Waals surface area contributed by atoms with Gasteiger partial charge < -0.3 is 4.42 Å². The predicted molar refractivity (Wildman–Crippen MR) is 43.5 cm³/mol. The molecule has 11 heavy (non-hydrogen) atoms. The molecule has 0 aliphatic heterocycles. The van der Waals surface area contributed by atoms with E-state index in [1.165, 1.54) is 5.56 Å². The molecular formula is C9H9NO. The quantitative estimate of drug-likeness (QED) is 0.572. The zero-order valence-electron chi connectivity index (χ0n) is 6.59. The molecule has 0 aliphatic rings. The summed E-state index contributed by atoms with van der Waals surface area (Å²) in [5.41, 5.74) is 4.05. The smallest absolute Gasteiger partial charge is 0.152 e. The van der Waals surface area contributed by atoms with E-state index in [1.54, 1.807) is 6.26 Å². The van der Waals surface area contributed by atoms with Crippen LogP contribution in [0.2, 0.25) is 0 Å². The van der Waals surface area contributed by atoms with Gasteiger partial charge in [0.15, 0.2) is 5.58 Å². The number of aryl methyl sites for hydroxylation is 2. The van der Waals surface area contributed by atoms with Crippen molar-refractivity contribution in [3.8, 4) is 0 Å². The molecule has 0 radical (unpaired) electrons. The third kappa shape index (κ3) is 0.909. The molecule has 0 amide bonds. The standard InChI is InChI=1S/C9H9NO/c1-6-5-9-8(3-4-11-9)10-7(6)2/h3-5H,1-2H3. The molecule has 56 valence electrons. The second-order valence-electron chi connectivity index (χ2n) is 2.69. The lowest BCUT2D eigenvalue weighted by atomic mass is 10.2. The minimum atomic E-state index is 0.869. The SMILES string of the molecule is Cc1cc2occc2nc1C. The molecule has 2 rings (SSSR count). The van der Waals surface area contributed by atoms with Crippen LogP contribution in [0, 0.1) is 13.8 Å². The Balaban J connectivity index is 2.86. The Hall–Kier alpha value is -1.31. The number of fused-ring (bicyclic) bond motifs is 1. The molecule has 0 saturated carbocycles. The first kappa shape index (κ1) is 6.40. The van der Waals surface area contributed by atoms with Crippen molar-refractivity contribution in [3.63, 3.8) is 0 Å². The highest BCUT2D eigenvalue weighted by Gasteiger charge is 2.00. The fourth-order valence-corrected chi connectivity index (χ4v) is 1.08. The van der Waals surface area contributed by atoms with Crippen molar-refractivity contribution < 1.29 is 4.42 Å². The van der Waals surface area contributed by atoms with Gasteiger partial charge in [0.1, 0.15) is 5.52 Å². The number of aromatic nitrogens is 1. The molecule has 0 N–H and O–H groups in total. The summed E-state index contributed by atoms with van der Waals surface area (Å²) in [6.45, 7) is 4.03. The lowest BCUT2D eigenvalue weighted by molar-refractivity contribution is 0.615. The van der Waals surface area contributed by atoms with Crippen LogP contribution < -0.4 is 0 Å². The van der Waals surface area contributed by atoms with E-state index in [9.17, 15) is 0 Å². The van der Waals surface area contributed by atoms with Crippen molar-refractivity contribution in [3.05, 3.63) is 29.7 Å². The zero-order chi connectivity index (χ0) is 7.84. The molecule has 0 aromatic carbocycles. The van der Waals surface area contributed by atoms with Crippen LogP contribution in [0.15, 0.2) is 22.8 Å². The number of rotatable bonds is 0. The van der Waals surface area contributed by atoms with Gasteiger partial charge in [-0.15, -0.1) is 0 Å². The average Bonchev–Trinajstić information content (AvgIpc) is 2.36.